The van der Waals surface area contributed by atoms with E-state index in [1.807, 2.05) is 30.2 Å². The van der Waals surface area contributed by atoms with Crippen LogP contribution in [-0.4, -0.2) is 30.8 Å². The maximum atomic E-state index is 11.3. The van der Waals surface area contributed by atoms with Crippen molar-refractivity contribution in [1.29, 1.82) is 0 Å². The van der Waals surface area contributed by atoms with E-state index in [2.05, 4.69) is 23.1 Å². The lowest BCUT2D eigenvalue weighted by atomic mass is 9.92. The largest absolute Gasteiger partial charge is 0.481 e. The molecule has 3 heterocycles. The molecule has 0 bridgehead atoms. The number of carboxylic acids is 1. The van der Waals surface area contributed by atoms with Crippen LogP contribution < -0.4 is 0 Å². The van der Waals surface area contributed by atoms with Crippen molar-refractivity contribution in [2.45, 2.75) is 52.5 Å². The van der Waals surface area contributed by atoms with E-state index in [0.29, 0.717) is 12.3 Å². The van der Waals surface area contributed by atoms with Gasteiger partial charge in [0.25, 0.3) is 0 Å². The number of aryl methyl sites for hydroxylation is 2. The van der Waals surface area contributed by atoms with Crippen LogP contribution >= 0.6 is 0 Å². The first-order valence-corrected chi connectivity index (χ1v) is 9.58. The highest BCUT2D eigenvalue weighted by Gasteiger charge is 2.27. The summed E-state index contributed by atoms with van der Waals surface area (Å²) in [6, 6.07) is 2.11. The van der Waals surface area contributed by atoms with Crippen LogP contribution in [0, 0.1) is 12.8 Å². The molecule has 3 aromatic heterocycles. The molecule has 0 unspecified atom stereocenters. The Morgan fingerprint density at radius 1 is 1.30 bits per heavy atom. The Morgan fingerprint density at radius 3 is 2.78 bits per heavy atom. The van der Waals surface area contributed by atoms with Gasteiger partial charge < -0.3 is 5.11 Å². The molecule has 3 aromatic rings. The van der Waals surface area contributed by atoms with Crippen molar-refractivity contribution in [2.24, 2.45) is 5.92 Å². The lowest BCUT2D eigenvalue weighted by Crippen LogP contribution is -2.08. The molecule has 4 rings (SSSR count). The molecule has 0 aliphatic heterocycles. The second-order valence-corrected chi connectivity index (χ2v) is 7.40. The summed E-state index contributed by atoms with van der Waals surface area (Å²) in [5.41, 5.74) is 6.08. The number of hydrogen-bond donors (Lipinski definition) is 1. The molecule has 6 heteroatoms. The quantitative estimate of drug-likeness (QED) is 0.690. The first kappa shape index (κ1) is 17.6. The van der Waals surface area contributed by atoms with Gasteiger partial charge in [-0.3, -0.25) is 9.78 Å². The van der Waals surface area contributed by atoms with Gasteiger partial charge in [0.05, 0.1) is 6.20 Å². The lowest BCUT2D eigenvalue weighted by Gasteiger charge is -2.16. The number of carbonyl (C=O) groups is 1. The molecular formula is C21H24N4O2. The third-order valence-corrected chi connectivity index (χ3v) is 5.20. The number of nitrogens with zero attached hydrogens (tertiary/aromatic N) is 4. The Balaban J connectivity index is 1.98. The SMILES string of the molecule is CCn1ncc2c(-c3cncc(C)c3)c(CCC(=O)O)c(CC3CC3)nc21. The Bertz CT molecular complexity index is 1000. The average Bonchev–Trinajstić information content (AvgIpc) is 3.36. The minimum Gasteiger partial charge on any atom is -0.481 e. The molecule has 6 nitrogen and oxygen atoms in total. The number of rotatable bonds is 7. The van der Waals surface area contributed by atoms with Crippen LogP contribution in [-0.2, 0) is 24.2 Å². The molecule has 140 valence electrons. The van der Waals surface area contributed by atoms with Crippen molar-refractivity contribution in [3.8, 4) is 11.1 Å². The van der Waals surface area contributed by atoms with Crippen LogP contribution in [0.5, 0.6) is 0 Å². The number of aliphatic carboxylic acids is 1. The van der Waals surface area contributed by atoms with E-state index in [4.69, 9.17) is 4.98 Å². The standard InChI is InChI=1S/C21H24N4O2/c1-3-25-21-17(12-23-25)20(15-8-13(2)10-22-11-15)16(6-7-19(26)27)18(24-21)9-14-4-5-14/h8,10-12,14H,3-7,9H2,1-2H3,(H,26,27). The molecule has 1 aliphatic rings. The van der Waals surface area contributed by atoms with Crippen LogP contribution in [0.3, 0.4) is 0 Å². The second kappa shape index (κ2) is 7.10. The average molecular weight is 364 g/mol. The van der Waals surface area contributed by atoms with Crippen molar-refractivity contribution >= 4 is 17.0 Å². The number of aromatic nitrogens is 4. The predicted octanol–water partition coefficient (Wildman–Crippen LogP) is 3.79. The zero-order valence-corrected chi connectivity index (χ0v) is 15.8. The molecule has 1 fully saturated rings. The predicted molar refractivity (Wildman–Crippen MR) is 104 cm³/mol. The van der Waals surface area contributed by atoms with Gasteiger partial charge in [-0.25, -0.2) is 9.67 Å². The van der Waals surface area contributed by atoms with Crippen LogP contribution in [0.4, 0.5) is 0 Å². The van der Waals surface area contributed by atoms with Gasteiger partial charge in [-0.15, -0.1) is 0 Å². The third kappa shape index (κ3) is 3.56. The summed E-state index contributed by atoms with van der Waals surface area (Å²) in [7, 11) is 0. The highest BCUT2D eigenvalue weighted by Crippen LogP contribution is 2.38. The van der Waals surface area contributed by atoms with Gasteiger partial charge in [0.1, 0.15) is 0 Å². The van der Waals surface area contributed by atoms with Crippen molar-refractivity contribution in [3.05, 3.63) is 41.5 Å². The summed E-state index contributed by atoms with van der Waals surface area (Å²) in [4.78, 5) is 20.6. The molecule has 0 radical (unpaired) electrons. The van der Waals surface area contributed by atoms with E-state index in [9.17, 15) is 9.90 Å². The van der Waals surface area contributed by atoms with E-state index in [0.717, 1.165) is 51.9 Å². The van der Waals surface area contributed by atoms with Gasteiger partial charge in [0, 0.05) is 47.6 Å². The maximum absolute atomic E-state index is 11.3. The minimum absolute atomic E-state index is 0.0962. The molecule has 0 amide bonds. The Morgan fingerprint density at radius 2 is 2.11 bits per heavy atom. The van der Waals surface area contributed by atoms with E-state index < -0.39 is 5.97 Å². The van der Waals surface area contributed by atoms with E-state index in [1.165, 1.54) is 12.8 Å². The number of hydrogen-bond acceptors (Lipinski definition) is 4. The zero-order chi connectivity index (χ0) is 19.0. The fourth-order valence-corrected chi connectivity index (χ4v) is 3.69. The molecule has 1 N–H and O–H groups in total. The highest BCUT2D eigenvalue weighted by atomic mass is 16.4. The van der Waals surface area contributed by atoms with E-state index in [1.54, 1.807) is 0 Å². The summed E-state index contributed by atoms with van der Waals surface area (Å²) in [6.07, 6.45) is 9.48. The summed E-state index contributed by atoms with van der Waals surface area (Å²) in [5, 5.41) is 14.8. The van der Waals surface area contributed by atoms with Gasteiger partial charge >= 0.3 is 5.97 Å². The number of carboxylic acid groups (broad SMARTS) is 1. The summed E-state index contributed by atoms with van der Waals surface area (Å²) >= 11 is 0. The van der Waals surface area contributed by atoms with Crippen LogP contribution in [0.25, 0.3) is 22.2 Å². The maximum Gasteiger partial charge on any atom is 0.303 e. The molecule has 0 saturated heterocycles. The monoisotopic (exact) mass is 364 g/mol. The lowest BCUT2D eigenvalue weighted by molar-refractivity contribution is -0.136. The summed E-state index contributed by atoms with van der Waals surface area (Å²) in [6.45, 7) is 4.83. The molecule has 27 heavy (non-hydrogen) atoms. The molecular weight excluding hydrogens is 340 g/mol. The zero-order valence-electron chi connectivity index (χ0n) is 15.8. The third-order valence-electron chi connectivity index (χ3n) is 5.20. The first-order chi connectivity index (χ1) is 13.1. The van der Waals surface area contributed by atoms with Crippen LogP contribution in [0.1, 0.15) is 43.0 Å². The number of fused-ring (bicyclic) bond motifs is 1. The minimum atomic E-state index is -0.787. The van der Waals surface area contributed by atoms with Crippen molar-refractivity contribution in [2.75, 3.05) is 0 Å². The summed E-state index contributed by atoms with van der Waals surface area (Å²) in [5.74, 6) is -0.120. The fourth-order valence-electron chi connectivity index (χ4n) is 3.69. The Kier molecular flexibility index (Phi) is 4.64. The van der Waals surface area contributed by atoms with Crippen molar-refractivity contribution < 1.29 is 9.90 Å². The van der Waals surface area contributed by atoms with Crippen LogP contribution in [0.15, 0.2) is 24.7 Å². The molecule has 1 saturated carbocycles. The summed E-state index contributed by atoms with van der Waals surface area (Å²) < 4.78 is 1.92. The normalized spacial score (nSPS) is 14.0. The van der Waals surface area contributed by atoms with E-state index >= 15 is 0 Å². The van der Waals surface area contributed by atoms with Gasteiger partial charge in [-0.2, -0.15) is 5.10 Å². The fraction of sp³-hybridized carbons (Fsp3) is 0.429. The molecule has 0 aromatic carbocycles. The van der Waals surface area contributed by atoms with Gasteiger partial charge in [-0.1, -0.05) is 0 Å². The first-order valence-electron chi connectivity index (χ1n) is 9.58. The highest BCUT2D eigenvalue weighted by molar-refractivity contribution is 5.95. The Labute approximate surface area is 158 Å². The topological polar surface area (TPSA) is 80.9 Å². The van der Waals surface area contributed by atoms with Crippen molar-refractivity contribution in [1.82, 2.24) is 19.7 Å². The van der Waals surface area contributed by atoms with Gasteiger partial charge in [0.15, 0.2) is 5.65 Å². The molecule has 0 atom stereocenters. The van der Waals surface area contributed by atoms with Crippen LogP contribution in [0.2, 0.25) is 0 Å². The van der Waals surface area contributed by atoms with Crippen molar-refractivity contribution in [3.63, 3.8) is 0 Å². The molecule has 0 spiro atoms. The Hall–Kier alpha value is -2.76. The second-order valence-electron chi connectivity index (χ2n) is 7.40. The van der Waals surface area contributed by atoms with Gasteiger partial charge in [0.2, 0.25) is 0 Å². The smallest absolute Gasteiger partial charge is 0.303 e. The van der Waals surface area contributed by atoms with E-state index in [-0.39, 0.29) is 6.42 Å². The van der Waals surface area contributed by atoms with Gasteiger partial charge in [-0.05, 0) is 62.6 Å². The molecule has 1 aliphatic carbocycles. The number of pyridine rings is 2.